The number of hydrogen-bond donors (Lipinski definition) is 1. The molecular formula is C13H17FN2. The Balaban J connectivity index is 1.64. The first kappa shape index (κ1) is 10.2. The van der Waals surface area contributed by atoms with Crippen LogP contribution in [-0.4, -0.2) is 30.1 Å². The van der Waals surface area contributed by atoms with E-state index in [9.17, 15) is 4.39 Å². The van der Waals surface area contributed by atoms with Gasteiger partial charge in [-0.2, -0.15) is 0 Å². The molecule has 2 heterocycles. The van der Waals surface area contributed by atoms with Crippen LogP contribution in [0.2, 0.25) is 0 Å². The molecule has 2 nitrogen and oxygen atoms in total. The lowest BCUT2D eigenvalue weighted by atomic mass is 10.1. The number of benzene rings is 1. The Kier molecular flexibility index (Phi) is 2.65. The summed E-state index contributed by atoms with van der Waals surface area (Å²) in [5.74, 6) is -0.149. The van der Waals surface area contributed by atoms with Gasteiger partial charge in [0.25, 0.3) is 0 Å². The highest BCUT2D eigenvalue weighted by atomic mass is 19.1. The molecule has 2 saturated heterocycles. The minimum atomic E-state index is -0.149. The van der Waals surface area contributed by atoms with Crippen molar-refractivity contribution >= 4 is 0 Å². The summed E-state index contributed by atoms with van der Waals surface area (Å²) in [7, 11) is 0. The van der Waals surface area contributed by atoms with Crippen LogP contribution < -0.4 is 5.32 Å². The van der Waals surface area contributed by atoms with Crippen LogP contribution in [0, 0.1) is 5.82 Å². The Morgan fingerprint density at radius 3 is 2.38 bits per heavy atom. The van der Waals surface area contributed by atoms with Crippen LogP contribution in [-0.2, 0) is 6.54 Å². The summed E-state index contributed by atoms with van der Waals surface area (Å²) in [5.41, 5.74) is 1.21. The van der Waals surface area contributed by atoms with Crippen LogP contribution in [0.5, 0.6) is 0 Å². The van der Waals surface area contributed by atoms with Gasteiger partial charge in [0.1, 0.15) is 5.82 Å². The highest BCUT2D eigenvalue weighted by molar-refractivity contribution is 5.16. The third-order valence-electron chi connectivity index (χ3n) is 3.61. The van der Waals surface area contributed by atoms with Crippen molar-refractivity contribution in [3.63, 3.8) is 0 Å². The van der Waals surface area contributed by atoms with Gasteiger partial charge in [-0.05, 0) is 30.5 Å². The minimum absolute atomic E-state index is 0.149. The molecule has 0 saturated carbocycles. The topological polar surface area (TPSA) is 15.3 Å². The fourth-order valence-corrected chi connectivity index (χ4v) is 2.87. The van der Waals surface area contributed by atoms with Crippen molar-refractivity contribution in [2.75, 3.05) is 13.1 Å². The second-order valence-corrected chi connectivity index (χ2v) is 4.96. The second kappa shape index (κ2) is 4.15. The maximum Gasteiger partial charge on any atom is 0.123 e. The van der Waals surface area contributed by atoms with Crippen LogP contribution in [0.15, 0.2) is 24.3 Å². The Morgan fingerprint density at radius 2 is 1.75 bits per heavy atom. The van der Waals surface area contributed by atoms with E-state index < -0.39 is 0 Å². The standard InChI is InChI=1S/C13H17FN2/c14-11-3-1-10(2-4-11)7-16-8-12-5-6-13(9-16)15-12/h1-4,12-13,15H,5-9H2. The molecule has 3 heteroatoms. The molecule has 0 amide bonds. The molecule has 0 radical (unpaired) electrons. The van der Waals surface area contributed by atoms with Crippen molar-refractivity contribution in [1.29, 1.82) is 0 Å². The number of likely N-dealkylation sites (tertiary alicyclic amines) is 1. The van der Waals surface area contributed by atoms with E-state index >= 15 is 0 Å². The third-order valence-corrected chi connectivity index (χ3v) is 3.61. The second-order valence-electron chi connectivity index (χ2n) is 4.96. The molecule has 0 aromatic heterocycles. The smallest absolute Gasteiger partial charge is 0.123 e. The molecule has 2 bridgehead atoms. The van der Waals surface area contributed by atoms with Gasteiger partial charge in [-0.3, -0.25) is 4.90 Å². The molecule has 86 valence electrons. The number of fused-ring (bicyclic) bond motifs is 2. The molecule has 1 aromatic rings. The van der Waals surface area contributed by atoms with E-state index in [1.807, 2.05) is 12.1 Å². The van der Waals surface area contributed by atoms with E-state index in [0.717, 1.165) is 19.6 Å². The van der Waals surface area contributed by atoms with Crippen LogP contribution in [0.25, 0.3) is 0 Å². The summed E-state index contributed by atoms with van der Waals surface area (Å²) >= 11 is 0. The van der Waals surface area contributed by atoms with Gasteiger partial charge in [-0.15, -0.1) is 0 Å². The molecule has 1 aromatic carbocycles. The third kappa shape index (κ3) is 2.11. The van der Waals surface area contributed by atoms with Gasteiger partial charge in [0.15, 0.2) is 0 Å². The first-order valence-electron chi connectivity index (χ1n) is 6.02. The van der Waals surface area contributed by atoms with Gasteiger partial charge in [-0.1, -0.05) is 12.1 Å². The van der Waals surface area contributed by atoms with Crippen LogP contribution in [0.4, 0.5) is 4.39 Å². The number of nitrogens with zero attached hydrogens (tertiary/aromatic N) is 1. The van der Waals surface area contributed by atoms with Crippen molar-refractivity contribution in [3.05, 3.63) is 35.6 Å². The van der Waals surface area contributed by atoms with Gasteiger partial charge in [0.2, 0.25) is 0 Å². The quantitative estimate of drug-likeness (QED) is 0.817. The van der Waals surface area contributed by atoms with E-state index in [0.29, 0.717) is 12.1 Å². The molecule has 0 aliphatic carbocycles. The van der Waals surface area contributed by atoms with Crippen molar-refractivity contribution in [2.45, 2.75) is 31.5 Å². The number of hydrogen-bond acceptors (Lipinski definition) is 2. The monoisotopic (exact) mass is 220 g/mol. The summed E-state index contributed by atoms with van der Waals surface area (Å²) in [6.45, 7) is 3.22. The molecular weight excluding hydrogens is 203 g/mol. The average molecular weight is 220 g/mol. The van der Waals surface area contributed by atoms with Crippen LogP contribution >= 0.6 is 0 Å². The summed E-state index contributed by atoms with van der Waals surface area (Å²) < 4.78 is 12.8. The fraction of sp³-hybridized carbons (Fsp3) is 0.538. The molecule has 2 fully saturated rings. The number of nitrogens with one attached hydrogen (secondary N) is 1. The van der Waals surface area contributed by atoms with E-state index in [2.05, 4.69) is 10.2 Å². The Hall–Kier alpha value is -0.930. The zero-order valence-electron chi connectivity index (χ0n) is 9.32. The summed E-state index contributed by atoms with van der Waals surface area (Å²) in [6.07, 6.45) is 2.62. The van der Waals surface area contributed by atoms with Gasteiger partial charge < -0.3 is 5.32 Å². The van der Waals surface area contributed by atoms with Crippen molar-refractivity contribution < 1.29 is 4.39 Å². The van der Waals surface area contributed by atoms with Crippen molar-refractivity contribution in [1.82, 2.24) is 10.2 Å². The predicted molar refractivity (Wildman–Crippen MR) is 61.6 cm³/mol. The van der Waals surface area contributed by atoms with Gasteiger partial charge in [-0.25, -0.2) is 4.39 Å². The molecule has 2 aliphatic heterocycles. The lowest BCUT2D eigenvalue weighted by molar-refractivity contribution is 0.189. The Morgan fingerprint density at radius 1 is 1.12 bits per heavy atom. The van der Waals surface area contributed by atoms with E-state index in [-0.39, 0.29) is 5.82 Å². The van der Waals surface area contributed by atoms with Crippen molar-refractivity contribution in [2.24, 2.45) is 0 Å². The van der Waals surface area contributed by atoms with Crippen LogP contribution in [0.3, 0.4) is 0 Å². The van der Waals surface area contributed by atoms with Crippen molar-refractivity contribution in [3.8, 4) is 0 Å². The number of piperazine rings is 1. The molecule has 3 rings (SSSR count). The number of rotatable bonds is 2. The Bertz CT molecular complexity index is 351. The molecule has 0 spiro atoms. The average Bonchev–Trinajstić information content (AvgIpc) is 2.62. The summed E-state index contributed by atoms with van der Waals surface area (Å²) in [5, 5.41) is 3.61. The lowest BCUT2D eigenvalue weighted by Gasteiger charge is -2.32. The first-order chi connectivity index (χ1) is 7.79. The molecule has 2 unspecified atom stereocenters. The minimum Gasteiger partial charge on any atom is -0.309 e. The Labute approximate surface area is 95.4 Å². The molecule has 2 aliphatic rings. The molecule has 1 N–H and O–H groups in total. The van der Waals surface area contributed by atoms with Gasteiger partial charge in [0, 0.05) is 31.7 Å². The normalized spacial score (nSPS) is 29.6. The van der Waals surface area contributed by atoms with E-state index in [1.165, 1.54) is 18.4 Å². The van der Waals surface area contributed by atoms with Gasteiger partial charge in [0.05, 0.1) is 0 Å². The molecule has 2 atom stereocenters. The van der Waals surface area contributed by atoms with Gasteiger partial charge >= 0.3 is 0 Å². The van der Waals surface area contributed by atoms with Crippen LogP contribution in [0.1, 0.15) is 18.4 Å². The molecule has 16 heavy (non-hydrogen) atoms. The number of halogens is 1. The van der Waals surface area contributed by atoms with E-state index in [1.54, 1.807) is 12.1 Å². The van der Waals surface area contributed by atoms with E-state index in [4.69, 9.17) is 0 Å². The zero-order chi connectivity index (χ0) is 11.0. The fourth-order valence-electron chi connectivity index (χ4n) is 2.87. The highest BCUT2D eigenvalue weighted by Gasteiger charge is 2.31. The maximum absolute atomic E-state index is 12.8. The summed E-state index contributed by atoms with van der Waals surface area (Å²) in [4.78, 5) is 2.48. The SMILES string of the molecule is Fc1ccc(CN2CC3CCC(C2)N3)cc1. The maximum atomic E-state index is 12.8. The highest BCUT2D eigenvalue weighted by Crippen LogP contribution is 2.21. The predicted octanol–water partition coefficient (Wildman–Crippen LogP) is 1.76. The summed E-state index contributed by atoms with van der Waals surface area (Å²) in [6, 6.07) is 8.23. The lowest BCUT2D eigenvalue weighted by Crippen LogP contribution is -2.50. The largest absolute Gasteiger partial charge is 0.309 e. The first-order valence-corrected chi connectivity index (χ1v) is 6.02. The zero-order valence-corrected chi connectivity index (χ0v) is 9.32.